The minimum absolute atomic E-state index is 0.355. The van der Waals surface area contributed by atoms with E-state index in [0.717, 1.165) is 25.0 Å². The first kappa shape index (κ1) is 10.1. The Labute approximate surface area is 67.4 Å². The van der Waals surface area contributed by atoms with Crippen LogP contribution in [0.5, 0.6) is 0 Å². The first-order chi connectivity index (χ1) is 5.20. The number of nitrogens with zero attached hydrogens (tertiary/aromatic N) is 1. The number of rotatable bonds is 4. The van der Waals surface area contributed by atoms with E-state index in [1.54, 1.807) is 0 Å². The molecule has 0 aliphatic carbocycles. The Morgan fingerprint density at radius 3 is 2.45 bits per heavy atom. The monoisotopic (exact) mass is 157 g/mol. The molecule has 0 aromatic carbocycles. The van der Waals surface area contributed by atoms with Crippen LogP contribution in [0.25, 0.3) is 0 Å². The number of carbonyl (C=O) groups excluding carboxylic acids is 1. The number of hydrogen-bond donors (Lipinski definition) is 0. The van der Waals surface area contributed by atoms with Crippen molar-refractivity contribution in [2.75, 3.05) is 0 Å². The predicted octanol–water partition coefficient (Wildman–Crippen LogP) is 2.12. The van der Waals surface area contributed by atoms with Gasteiger partial charge in [-0.05, 0) is 12.8 Å². The van der Waals surface area contributed by atoms with Crippen LogP contribution in [0.15, 0.2) is 5.16 Å². The van der Waals surface area contributed by atoms with Crippen LogP contribution >= 0.6 is 0 Å². The van der Waals surface area contributed by atoms with Crippen molar-refractivity contribution in [3.8, 4) is 0 Å². The molecule has 0 unspecified atom stereocenters. The van der Waals surface area contributed by atoms with Gasteiger partial charge in [0, 0.05) is 6.92 Å². The number of hydrogen-bond acceptors (Lipinski definition) is 3. The SMILES string of the molecule is CCC/C(CC)=N\OC(C)=O. The van der Waals surface area contributed by atoms with Crippen LogP contribution in [0.4, 0.5) is 0 Å². The number of oxime groups is 1. The molecular weight excluding hydrogens is 142 g/mol. The molecule has 0 aromatic rings. The van der Waals surface area contributed by atoms with Gasteiger partial charge in [0.1, 0.15) is 0 Å². The summed E-state index contributed by atoms with van der Waals surface area (Å²) < 4.78 is 0. The maximum Gasteiger partial charge on any atom is 0.331 e. The van der Waals surface area contributed by atoms with Gasteiger partial charge in [0.25, 0.3) is 0 Å². The van der Waals surface area contributed by atoms with E-state index in [9.17, 15) is 4.79 Å². The molecular formula is C8H15NO2. The summed E-state index contributed by atoms with van der Waals surface area (Å²) in [5.41, 5.74) is 0.947. The summed E-state index contributed by atoms with van der Waals surface area (Å²) >= 11 is 0. The van der Waals surface area contributed by atoms with E-state index in [2.05, 4.69) is 16.9 Å². The molecule has 0 radical (unpaired) electrons. The van der Waals surface area contributed by atoms with Crippen molar-refractivity contribution in [2.45, 2.75) is 40.0 Å². The quantitative estimate of drug-likeness (QED) is 0.356. The Morgan fingerprint density at radius 2 is 2.09 bits per heavy atom. The fraction of sp³-hybridized carbons (Fsp3) is 0.750. The van der Waals surface area contributed by atoms with E-state index in [1.807, 2.05) is 6.92 Å². The summed E-state index contributed by atoms with van der Waals surface area (Å²) in [6.07, 6.45) is 2.79. The van der Waals surface area contributed by atoms with E-state index in [1.165, 1.54) is 6.92 Å². The largest absolute Gasteiger partial charge is 0.331 e. The Balaban J connectivity index is 3.80. The van der Waals surface area contributed by atoms with Gasteiger partial charge < -0.3 is 4.84 Å². The molecule has 0 bridgehead atoms. The van der Waals surface area contributed by atoms with Crippen molar-refractivity contribution in [2.24, 2.45) is 5.16 Å². The maximum atomic E-state index is 10.3. The van der Waals surface area contributed by atoms with Crippen molar-refractivity contribution in [3.63, 3.8) is 0 Å². The standard InChI is InChI=1S/C8H15NO2/c1-4-6-8(5-2)9-11-7(3)10/h4-6H2,1-3H3/b9-8-. The molecule has 3 nitrogen and oxygen atoms in total. The van der Waals surface area contributed by atoms with Crippen LogP contribution in [-0.2, 0) is 9.63 Å². The van der Waals surface area contributed by atoms with E-state index in [4.69, 9.17) is 0 Å². The summed E-state index contributed by atoms with van der Waals surface area (Å²) in [4.78, 5) is 14.8. The normalized spacial score (nSPS) is 11.4. The Morgan fingerprint density at radius 1 is 1.45 bits per heavy atom. The molecule has 0 rings (SSSR count). The Kier molecular flexibility index (Phi) is 5.43. The Bertz CT molecular complexity index is 152. The van der Waals surface area contributed by atoms with Gasteiger partial charge in [0.2, 0.25) is 0 Å². The molecule has 0 saturated heterocycles. The van der Waals surface area contributed by atoms with Crippen molar-refractivity contribution in [1.29, 1.82) is 0 Å². The molecule has 0 fully saturated rings. The summed E-state index contributed by atoms with van der Waals surface area (Å²) in [6, 6.07) is 0. The van der Waals surface area contributed by atoms with Gasteiger partial charge >= 0.3 is 5.97 Å². The predicted molar refractivity (Wildman–Crippen MR) is 44.4 cm³/mol. The average molecular weight is 157 g/mol. The van der Waals surface area contributed by atoms with Crippen LogP contribution in [0, 0.1) is 0 Å². The first-order valence-corrected chi connectivity index (χ1v) is 3.94. The second-order valence-corrected chi connectivity index (χ2v) is 2.34. The molecule has 0 aliphatic heterocycles. The van der Waals surface area contributed by atoms with Gasteiger partial charge in [-0.25, -0.2) is 4.79 Å². The second kappa shape index (κ2) is 5.89. The van der Waals surface area contributed by atoms with Gasteiger partial charge in [-0.2, -0.15) is 0 Å². The lowest BCUT2D eigenvalue weighted by Gasteiger charge is -1.98. The highest BCUT2D eigenvalue weighted by atomic mass is 16.7. The Hall–Kier alpha value is -0.860. The van der Waals surface area contributed by atoms with E-state index in [0.29, 0.717) is 0 Å². The summed E-state index contributed by atoms with van der Waals surface area (Å²) in [7, 11) is 0. The average Bonchev–Trinajstić information content (AvgIpc) is 1.97. The van der Waals surface area contributed by atoms with Crippen LogP contribution in [-0.4, -0.2) is 11.7 Å². The van der Waals surface area contributed by atoms with Crippen molar-refractivity contribution in [1.82, 2.24) is 0 Å². The van der Waals surface area contributed by atoms with Crippen LogP contribution in [0.1, 0.15) is 40.0 Å². The molecule has 0 aromatic heterocycles. The van der Waals surface area contributed by atoms with Crippen LogP contribution < -0.4 is 0 Å². The number of carbonyl (C=O) groups is 1. The molecule has 0 N–H and O–H groups in total. The van der Waals surface area contributed by atoms with Gasteiger partial charge in [-0.3, -0.25) is 0 Å². The lowest BCUT2D eigenvalue weighted by Crippen LogP contribution is -1.99. The van der Waals surface area contributed by atoms with Gasteiger partial charge in [0.15, 0.2) is 0 Å². The van der Waals surface area contributed by atoms with E-state index >= 15 is 0 Å². The molecule has 0 spiro atoms. The van der Waals surface area contributed by atoms with Gasteiger partial charge in [0.05, 0.1) is 5.71 Å². The molecule has 64 valence electrons. The van der Waals surface area contributed by atoms with Crippen molar-refractivity contribution >= 4 is 11.7 Å². The lowest BCUT2D eigenvalue weighted by molar-refractivity contribution is -0.140. The zero-order chi connectivity index (χ0) is 8.69. The molecule has 0 amide bonds. The highest BCUT2D eigenvalue weighted by Gasteiger charge is 1.96. The molecule has 11 heavy (non-hydrogen) atoms. The first-order valence-electron chi connectivity index (χ1n) is 3.94. The third-order valence-electron chi connectivity index (χ3n) is 1.25. The lowest BCUT2D eigenvalue weighted by atomic mass is 10.2. The minimum Gasteiger partial charge on any atom is -0.319 e. The smallest absolute Gasteiger partial charge is 0.319 e. The summed E-state index contributed by atoms with van der Waals surface area (Å²) in [6.45, 7) is 5.42. The maximum absolute atomic E-state index is 10.3. The summed E-state index contributed by atoms with van der Waals surface area (Å²) in [5.74, 6) is -0.355. The third kappa shape index (κ3) is 5.58. The molecule has 0 aliphatic rings. The fourth-order valence-electron chi connectivity index (χ4n) is 0.704. The molecule has 0 heterocycles. The van der Waals surface area contributed by atoms with E-state index in [-0.39, 0.29) is 5.97 Å². The minimum atomic E-state index is -0.355. The van der Waals surface area contributed by atoms with Gasteiger partial charge in [-0.1, -0.05) is 25.4 Å². The van der Waals surface area contributed by atoms with Crippen LogP contribution in [0.2, 0.25) is 0 Å². The summed E-state index contributed by atoms with van der Waals surface area (Å²) in [5, 5.41) is 3.70. The topological polar surface area (TPSA) is 38.7 Å². The van der Waals surface area contributed by atoms with E-state index < -0.39 is 0 Å². The molecule has 0 atom stereocenters. The van der Waals surface area contributed by atoms with Crippen molar-refractivity contribution in [3.05, 3.63) is 0 Å². The molecule has 0 saturated carbocycles. The second-order valence-electron chi connectivity index (χ2n) is 2.34. The zero-order valence-corrected chi connectivity index (χ0v) is 7.39. The van der Waals surface area contributed by atoms with Crippen LogP contribution in [0.3, 0.4) is 0 Å². The third-order valence-corrected chi connectivity index (χ3v) is 1.25. The zero-order valence-electron chi connectivity index (χ0n) is 7.39. The fourth-order valence-corrected chi connectivity index (χ4v) is 0.704. The highest BCUT2D eigenvalue weighted by Crippen LogP contribution is 1.97. The molecule has 3 heteroatoms. The van der Waals surface area contributed by atoms with Gasteiger partial charge in [-0.15, -0.1) is 0 Å². The highest BCUT2D eigenvalue weighted by molar-refractivity contribution is 5.84. The van der Waals surface area contributed by atoms with Crippen molar-refractivity contribution < 1.29 is 9.63 Å².